The number of halogens is 1. The minimum Gasteiger partial charge on any atom is -0.444 e. The van der Waals surface area contributed by atoms with Crippen LogP contribution in [0.15, 0.2) is 65.6 Å². The van der Waals surface area contributed by atoms with Crippen molar-refractivity contribution >= 4 is 33.8 Å². The van der Waals surface area contributed by atoms with Gasteiger partial charge in [-0.3, -0.25) is 4.79 Å². The number of para-hydroxylation sites is 1. The molecule has 3 rings (SSSR count). The van der Waals surface area contributed by atoms with Gasteiger partial charge in [0.25, 0.3) is 0 Å². The number of hydrogen-bond donors (Lipinski definition) is 0. The topological polar surface area (TPSA) is 26.3 Å². The molecule has 0 N–H and O–H groups in total. The molecule has 2 aromatic carbocycles. The second kappa shape index (κ2) is 6.26. The van der Waals surface area contributed by atoms with Crippen molar-refractivity contribution in [2.75, 3.05) is 12.5 Å². The van der Waals surface area contributed by atoms with E-state index in [2.05, 4.69) is 12.5 Å². The Balaban J connectivity index is 2.32. The van der Waals surface area contributed by atoms with Gasteiger partial charge in [-0.05, 0) is 35.9 Å². The molecule has 0 aromatic heterocycles. The molecular weight excluding hydrogens is 328 g/mol. The fourth-order valence-corrected chi connectivity index (χ4v) is 4.62. The molecule has 118 valence electrons. The summed E-state index contributed by atoms with van der Waals surface area (Å²) >= 11 is 6.03. The van der Waals surface area contributed by atoms with E-state index < -0.39 is 10.3 Å². The maximum atomic E-state index is 10.8. The summed E-state index contributed by atoms with van der Waals surface area (Å²) in [6.45, 7) is 0. The predicted octanol–water partition coefficient (Wildman–Crippen LogP) is 5.23. The first-order valence-corrected chi connectivity index (χ1v) is 9.92. The number of aldehydes is 1. The number of fused-ring (bicyclic) bond motifs is 1. The lowest BCUT2D eigenvalue weighted by Crippen LogP contribution is -2.14. The first-order chi connectivity index (χ1) is 11.0. The first-order valence-electron chi connectivity index (χ1n) is 7.17. The zero-order valence-corrected chi connectivity index (χ0v) is 14.5. The molecule has 23 heavy (non-hydrogen) atoms. The maximum absolute atomic E-state index is 10.8. The van der Waals surface area contributed by atoms with Crippen molar-refractivity contribution < 1.29 is 8.98 Å². The van der Waals surface area contributed by atoms with Crippen LogP contribution in [0.5, 0.6) is 5.75 Å². The van der Waals surface area contributed by atoms with Crippen LogP contribution in [0, 0.1) is 0 Å². The Morgan fingerprint density at radius 3 is 2.43 bits per heavy atom. The highest BCUT2D eigenvalue weighted by molar-refractivity contribution is 8.32. The van der Waals surface area contributed by atoms with Crippen LogP contribution in [0.2, 0.25) is 5.02 Å². The molecule has 0 radical (unpaired) electrons. The molecule has 0 unspecified atom stereocenters. The summed E-state index contributed by atoms with van der Waals surface area (Å²) in [4.78, 5) is 11.9. The number of hydrogen-bond acceptors (Lipinski definition) is 2. The van der Waals surface area contributed by atoms with Crippen molar-refractivity contribution in [3.8, 4) is 5.75 Å². The van der Waals surface area contributed by atoms with Crippen LogP contribution in [0.25, 0.3) is 5.57 Å². The third-order valence-electron chi connectivity index (χ3n) is 3.69. The third kappa shape index (κ3) is 3.07. The van der Waals surface area contributed by atoms with E-state index in [0.717, 1.165) is 33.6 Å². The minimum atomic E-state index is -1.52. The molecule has 1 aliphatic heterocycles. The van der Waals surface area contributed by atoms with Crippen molar-refractivity contribution in [1.82, 2.24) is 0 Å². The first kappa shape index (κ1) is 15.9. The van der Waals surface area contributed by atoms with Crippen molar-refractivity contribution in [3.63, 3.8) is 0 Å². The van der Waals surface area contributed by atoms with Crippen LogP contribution in [0.1, 0.15) is 11.1 Å². The van der Waals surface area contributed by atoms with E-state index in [1.165, 1.54) is 6.08 Å². The Bertz CT molecular complexity index is 804. The van der Waals surface area contributed by atoms with Crippen LogP contribution in [0.4, 0.5) is 0 Å². The van der Waals surface area contributed by atoms with Crippen LogP contribution < -0.4 is 4.18 Å². The highest BCUT2D eigenvalue weighted by atomic mass is 35.5. The van der Waals surface area contributed by atoms with E-state index >= 15 is 0 Å². The molecule has 0 atom stereocenters. The van der Waals surface area contributed by atoms with Gasteiger partial charge in [-0.2, -0.15) is 0 Å². The number of carbonyl (C=O) groups is 1. The van der Waals surface area contributed by atoms with Crippen LogP contribution in [0.3, 0.4) is 0 Å². The van der Waals surface area contributed by atoms with Crippen LogP contribution >= 0.6 is 21.9 Å². The Kier molecular flexibility index (Phi) is 4.33. The summed E-state index contributed by atoms with van der Waals surface area (Å²) in [6, 6.07) is 15.8. The molecule has 2 aromatic rings. The quantitative estimate of drug-likeness (QED) is 0.563. The van der Waals surface area contributed by atoms with Crippen molar-refractivity contribution in [3.05, 3.63) is 81.7 Å². The van der Waals surface area contributed by atoms with Crippen molar-refractivity contribution in [2.24, 2.45) is 0 Å². The summed E-state index contributed by atoms with van der Waals surface area (Å²) < 4.78 is 6.24. The average Bonchev–Trinajstić information content (AvgIpc) is 2.53. The summed E-state index contributed by atoms with van der Waals surface area (Å²) in [6.07, 6.45) is 8.36. The molecule has 0 saturated heterocycles. The van der Waals surface area contributed by atoms with Crippen molar-refractivity contribution in [1.29, 1.82) is 0 Å². The number of benzene rings is 2. The van der Waals surface area contributed by atoms with Crippen LogP contribution in [-0.4, -0.2) is 18.8 Å². The number of rotatable bonds is 3. The molecule has 4 heteroatoms. The Labute approximate surface area is 143 Å². The van der Waals surface area contributed by atoms with Gasteiger partial charge in [0.2, 0.25) is 0 Å². The normalized spacial score (nSPS) is 17.5. The highest BCUT2D eigenvalue weighted by Crippen LogP contribution is 2.59. The van der Waals surface area contributed by atoms with Gasteiger partial charge in [-0.25, -0.2) is 0 Å². The highest BCUT2D eigenvalue weighted by Gasteiger charge is 2.30. The summed E-state index contributed by atoms with van der Waals surface area (Å²) in [5.74, 6) is 0.876. The lowest BCUT2D eigenvalue weighted by Gasteiger charge is -2.39. The Hall–Kier alpha value is -1.97. The summed E-state index contributed by atoms with van der Waals surface area (Å²) in [7, 11) is -1.52. The minimum absolute atomic E-state index is 0.700. The fraction of sp³-hybridized carbons (Fsp3) is 0.105. The van der Waals surface area contributed by atoms with E-state index in [0.29, 0.717) is 5.02 Å². The summed E-state index contributed by atoms with van der Waals surface area (Å²) in [5, 5.41) is 0.700. The standard InChI is InChI=1S/C19H17ClO2S/c1-23(2)18(8-5-13-21)19(14-9-11-15(20)12-10-14)16-6-3-4-7-17(16)22-23/h3-13H,1-2H3. The van der Waals surface area contributed by atoms with Gasteiger partial charge in [-0.1, -0.05) is 52.2 Å². The monoisotopic (exact) mass is 344 g/mol. The molecule has 2 nitrogen and oxygen atoms in total. The summed E-state index contributed by atoms with van der Waals surface area (Å²) in [5.41, 5.74) is 3.20. The smallest absolute Gasteiger partial charge is 0.143 e. The van der Waals surface area contributed by atoms with Gasteiger partial charge in [0.05, 0.1) is 0 Å². The third-order valence-corrected chi connectivity index (χ3v) is 5.94. The second-order valence-corrected chi connectivity index (χ2v) is 9.06. The van der Waals surface area contributed by atoms with Crippen molar-refractivity contribution in [2.45, 2.75) is 0 Å². The van der Waals surface area contributed by atoms with E-state index in [-0.39, 0.29) is 0 Å². The molecule has 0 fully saturated rings. The molecule has 0 amide bonds. The van der Waals surface area contributed by atoms with Gasteiger partial charge in [0.15, 0.2) is 0 Å². The molecular formula is C19H17ClO2S. The molecule has 1 heterocycles. The molecule has 1 aliphatic rings. The molecule has 0 spiro atoms. The predicted molar refractivity (Wildman–Crippen MR) is 99.2 cm³/mol. The average molecular weight is 345 g/mol. The fourth-order valence-electron chi connectivity index (χ4n) is 2.68. The largest absolute Gasteiger partial charge is 0.444 e. The SMILES string of the molecule is CS1(C)Oc2ccccc2C(c2ccc(Cl)cc2)=C1C=CC=O. The van der Waals surface area contributed by atoms with Gasteiger partial charge >= 0.3 is 0 Å². The van der Waals surface area contributed by atoms with E-state index in [1.807, 2.05) is 54.6 Å². The van der Waals surface area contributed by atoms with Crippen LogP contribution in [-0.2, 0) is 4.79 Å². The Morgan fingerprint density at radius 1 is 1.04 bits per heavy atom. The molecule has 0 saturated carbocycles. The number of allylic oxidation sites excluding steroid dienone is 2. The maximum Gasteiger partial charge on any atom is 0.143 e. The van der Waals surface area contributed by atoms with Gasteiger partial charge in [0.1, 0.15) is 12.0 Å². The Morgan fingerprint density at radius 2 is 1.74 bits per heavy atom. The van der Waals surface area contributed by atoms with E-state index in [4.69, 9.17) is 15.8 Å². The zero-order chi connectivity index (χ0) is 16.4. The van der Waals surface area contributed by atoms with Gasteiger partial charge < -0.3 is 4.18 Å². The van der Waals surface area contributed by atoms with E-state index in [1.54, 1.807) is 0 Å². The number of carbonyl (C=O) groups excluding carboxylic acids is 1. The lowest BCUT2D eigenvalue weighted by molar-refractivity contribution is -0.104. The molecule has 0 bridgehead atoms. The second-order valence-electron chi connectivity index (χ2n) is 5.55. The zero-order valence-electron chi connectivity index (χ0n) is 13.0. The van der Waals surface area contributed by atoms with Gasteiger partial charge in [-0.15, -0.1) is 0 Å². The lowest BCUT2D eigenvalue weighted by atomic mass is 9.96. The van der Waals surface area contributed by atoms with E-state index in [9.17, 15) is 4.79 Å². The molecule has 0 aliphatic carbocycles. The van der Waals surface area contributed by atoms with Gasteiger partial charge in [0, 0.05) is 33.6 Å².